The lowest BCUT2D eigenvalue weighted by Gasteiger charge is -2.32. The molecule has 166 valence electrons. The summed E-state index contributed by atoms with van der Waals surface area (Å²) in [6.45, 7) is 10.3. The van der Waals surface area contributed by atoms with Gasteiger partial charge in [-0.1, -0.05) is 6.08 Å². The smallest absolute Gasteiger partial charge is 0.247 e. The summed E-state index contributed by atoms with van der Waals surface area (Å²) in [6, 6.07) is 3.49. The number of amidine groups is 1. The van der Waals surface area contributed by atoms with Crippen LogP contribution < -0.4 is 11.1 Å². The van der Waals surface area contributed by atoms with Crippen LogP contribution in [0.15, 0.2) is 35.6 Å². The average molecular weight is 425 g/mol. The molecule has 2 aromatic heterocycles. The molecule has 3 N–H and O–H groups in total. The normalized spacial score (nSPS) is 22.1. The van der Waals surface area contributed by atoms with Gasteiger partial charge in [-0.25, -0.2) is 9.98 Å². The molecule has 0 spiro atoms. The summed E-state index contributed by atoms with van der Waals surface area (Å²) >= 11 is 0. The Kier molecular flexibility index (Phi) is 7.22. The molecular formula is C23H32N6O2. The Bertz CT molecular complexity index is 967. The molecule has 3 heterocycles. The molecule has 0 aromatic carbocycles. The van der Waals surface area contributed by atoms with Gasteiger partial charge in [0.2, 0.25) is 5.91 Å². The summed E-state index contributed by atoms with van der Waals surface area (Å²) < 4.78 is 7.66. The highest BCUT2D eigenvalue weighted by Crippen LogP contribution is 2.36. The van der Waals surface area contributed by atoms with Gasteiger partial charge in [0, 0.05) is 23.7 Å². The van der Waals surface area contributed by atoms with E-state index in [1.807, 2.05) is 20.8 Å². The van der Waals surface area contributed by atoms with Crippen LogP contribution in [-0.4, -0.2) is 38.7 Å². The van der Waals surface area contributed by atoms with E-state index in [2.05, 4.69) is 34.2 Å². The second kappa shape index (κ2) is 9.87. The van der Waals surface area contributed by atoms with Gasteiger partial charge in [-0.15, -0.1) is 0 Å². The maximum absolute atomic E-state index is 12.6. The molecule has 0 saturated carbocycles. The Balaban J connectivity index is 1.67. The van der Waals surface area contributed by atoms with E-state index in [9.17, 15) is 4.79 Å². The molecule has 2 aromatic rings. The number of aryl methyl sites for hydroxylation is 1. The summed E-state index contributed by atoms with van der Waals surface area (Å²) in [5, 5.41) is 7.46. The Morgan fingerprint density at radius 1 is 1.32 bits per heavy atom. The maximum Gasteiger partial charge on any atom is 0.247 e. The highest BCUT2D eigenvalue weighted by molar-refractivity contribution is 5.98. The first kappa shape index (κ1) is 22.7. The SMILES string of the molecule is C/C=C\N=C(N)c1ccc(NC(=O)Cn2nc(C)c(C3CC(C)OC(C)C3)c2C)nc1. The molecule has 1 saturated heterocycles. The largest absolute Gasteiger partial charge is 0.383 e. The number of hydrogen-bond acceptors (Lipinski definition) is 5. The summed E-state index contributed by atoms with van der Waals surface area (Å²) in [5.41, 5.74) is 9.85. The number of ether oxygens (including phenoxy) is 1. The van der Waals surface area contributed by atoms with Crippen LogP contribution in [0.1, 0.15) is 62.0 Å². The third-order valence-corrected chi connectivity index (χ3v) is 5.53. The number of amides is 1. The summed E-state index contributed by atoms with van der Waals surface area (Å²) in [5.74, 6) is 1.05. The van der Waals surface area contributed by atoms with Crippen molar-refractivity contribution in [1.29, 1.82) is 0 Å². The van der Waals surface area contributed by atoms with E-state index in [1.54, 1.807) is 35.3 Å². The Hall–Kier alpha value is -3.00. The lowest BCUT2D eigenvalue weighted by molar-refractivity contribution is -0.117. The Labute approximate surface area is 183 Å². The van der Waals surface area contributed by atoms with Gasteiger partial charge in [0.15, 0.2) is 0 Å². The zero-order chi connectivity index (χ0) is 22.5. The van der Waals surface area contributed by atoms with E-state index in [-0.39, 0.29) is 24.7 Å². The molecule has 1 fully saturated rings. The number of anilines is 1. The minimum absolute atomic E-state index is 0.134. The van der Waals surface area contributed by atoms with E-state index in [4.69, 9.17) is 10.5 Å². The lowest BCUT2D eigenvalue weighted by atomic mass is 9.85. The van der Waals surface area contributed by atoms with Crippen molar-refractivity contribution in [2.24, 2.45) is 10.7 Å². The maximum atomic E-state index is 12.6. The van der Waals surface area contributed by atoms with Crippen LogP contribution in [0.2, 0.25) is 0 Å². The second-order valence-corrected chi connectivity index (χ2v) is 8.14. The third kappa shape index (κ3) is 5.58. The van der Waals surface area contributed by atoms with Crippen LogP contribution in [0, 0.1) is 13.8 Å². The first-order chi connectivity index (χ1) is 14.8. The number of nitrogens with one attached hydrogen (secondary N) is 1. The molecule has 2 unspecified atom stereocenters. The molecule has 1 aliphatic heterocycles. The van der Waals surface area contributed by atoms with E-state index >= 15 is 0 Å². The van der Waals surface area contributed by atoms with Gasteiger partial charge in [0.1, 0.15) is 18.2 Å². The molecule has 8 nitrogen and oxygen atoms in total. The standard InChI is InChI=1S/C23H32N6O2/c1-6-9-25-23(24)18-7-8-20(26-12-18)27-21(30)13-29-17(5)22(16(4)28-29)19-10-14(2)31-15(3)11-19/h6-9,12,14-15,19H,10-11,13H2,1-5H3,(H2,24,25)(H,26,27,30)/b9-6-. The van der Waals surface area contributed by atoms with Gasteiger partial charge in [0.05, 0.1) is 17.9 Å². The number of hydrogen-bond donors (Lipinski definition) is 2. The van der Waals surface area contributed by atoms with Crippen molar-refractivity contribution in [3.05, 3.63) is 53.1 Å². The molecule has 3 rings (SSSR count). The summed E-state index contributed by atoms with van der Waals surface area (Å²) in [4.78, 5) is 21.0. The first-order valence-corrected chi connectivity index (χ1v) is 10.7. The van der Waals surface area contributed by atoms with E-state index in [1.165, 1.54) is 5.56 Å². The Morgan fingerprint density at radius 3 is 2.65 bits per heavy atom. The van der Waals surface area contributed by atoms with Crippen LogP contribution in [-0.2, 0) is 16.1 Å². The van der Waals surface area contributed by atoms with Crippen molar-refractivity contribution in [2.75, 3.05) is 5.32 Å². The number of nitrogens with two attached hydrogens (primary N) is 1. The zero-order valence-electron chi connectivity index (χ0n) is 18.9. The molecule has 2 atom stereocenters. The van der Waals surface area contributed by atoms with Gasteiger partial charge >= 0.3 is 0 Å². The van der Waals surface area contributed by atoms with Crippen LogP contribution in [0.4, 0.5) is 5.82 Å². The molecule has 1 aliphatic rings. The molecule has 8 heteroatoms. The molecule has 31 heavy (non-hydrogen) atoms. The summed E-state index contributed by atoms with van der Waals surface area (Å²) in [7, 11) is 0. The van der Waals surface area contributed by atoms with Crippen LogP contribution in [0.3, 0.4) is 0 Å². The highest BCUT2D eigenvalue weighted by Gasteiger charge is 2.30. The molecule has 0 radical (unpaired) electrons. The highest BCUT2D eigenvalue weighted by atomic mass is 16.5. The fourth-order valence-corrected chi connectivity index (χ4v) is 4.26. The zero-order valence-corrected chi connectivity index (χ0v) is 18.9. The number of carbonyl (C=O) groups is 1. The number of aromatic nitrogens is 3. The van der Waals surface area contributed by atoms with Crippen LogP contribution in [0.5, 0.6) is 0 Å². The van der Waals surface area contributed by atoms with E-state index < -0.39 is 0 Å². The molecular weight excluding hydrogens is 392 g/mol. The molecule has 0 bridgehead atoms. The predicted molar refractivity (Wildman–Crippen MR) is 122 cm³/mol. The first-order valence-electron chi connectivity index (χ1n) is 10.7. The third-order valence-electron chi connectivity index (χ3n) is 5.53. The van der Waals surface area contributed by atoms with Gasteiger partial charge in [-0.2, -0.15) is 5.10 Å². The van der Waals surface area contributed by atoms with Crippen molar-refractivity contribution in [2.45, 2.75) is 72.1 Å². The molecule has 1 amide bonds. The van der Waals surface area contributed by atoms with Crippen molar-refractivity contribution in [3.8, 4) is 0 Å². The van der Waals surface area contributed by atoms with Crippen molar-refractivity contribution in [3.63, 3.8) is 0 Å². The van der Waals surface area contributed by atoms with Gasteiger partial charge in [-0.3, -0.25) is 9.48 Å². The minimum Gasteiger partial charge on any atom is -0.383 e. The molecule has 0 aliphatic carbocycles. The number of allylic oxidation sites excluding steroid dienone is 1. The topological polar surface area (TPSA) is 107 Å². The fourth-order valence-electron chi connectivity index (χ4n) is 4.26. The van der Waals surface area contributed by atoms with Crippen molar-refractivity contribution in [1.82, 2.24) is 14.8 Å². The number of aliphatic imine (C=N–C) groups is 1. The average Bonchev–Trinajstić information content (AvgIpc) is 2.98. The van der Waals surface area contributed by atoms with Crippen LogP contribution in [0.25, 0.3) is 0 Å². The number of rotatable bonds is 6. The van der Waals surface area contributed by atoms with Crippen LogP contribution >= 0.6 is 0 Å². The predicted octanol–water partition coefficient (Wildman–Crippen LogP) is 3.44. The van der Waals surface area contributed by atoms with Crippen molar-refractivity contribution >= 4 is 17.6 Å². The second-order valence-electron chi connectivity index (χ2n) is 8.14. The van der Waals surface area contributed by atoms with Crippen molar-refractivity contribution < 1.29 is 9.53 Å². The van der Waals surface area contributed by atoms with E-state index in [0.717, 1.165) is 24.2 Å². The fraction of sp³-hybridized carbons (Fsp3) is 0.478. The van der Waals surface area contributed by atoms with Gasteiger partial charge in [-0.05, 0) is 71.1 Å². The van der Waals surface area contributed by atoms with Gasteiger partial charge in [0.25, 0.3) is 0 Å². The Morgan fingerprint density at radius 2 is 2.03 bits per heavy atom. The quantitative estimate of drug-likeness (QED) is 0.546. The lowest BCUT2D eigenvalue weighted by Crippen LogP contribution is -2.28. The summed E-state index contributed by atoms with van der Waals surface area (Å²) in [6.07, 6.45) is 7.40. The van der Waals surface area contributed by atoms with E-state index in [0.29, 0.717) is 23.1 Å². The number of pyridine rings is 1. The minimum atomic E-state index is -0.179. The van der Waals surface area contributed by atoms with Gasteiger partial charge < -0.3 is 15.8 Å². The number of carbonyl (C=O) groups excluding carboxylic acids is 1. The number of nitrogens with zero attached hydrogens (tertiary/aromatic N) is 4. The monoisotopic (exact) mass is 424 g/mol.